The van der Waals surface area contributed by atoms with E-state index in [0.29, 0.717) is 11.3 Å². The van der Waals surface area contributed by atoms with Gasteiger partial charge in [-0.3, -0.25) is 4.79 Å². The number of amides is 1. The van der Waals surface area contributed by atoms with Gasteiger partial charge in [0.25, 0.3) is 5.91 Å². The van der Waals surface area contributed by atoms with Crippen molar-refractivity contribution in [3.8, 4) is 5.75 Å². The normalized spacial score (nSPS) is 10.6. The summed E-state index contributed by atoms with van der Waals surface area (Å²) in [5, 5.41) is 0.0596. The Hall–Kier alpha value is -2.24. The molecule has 16 heavy (non-hydrogen) atoms. The van der Waals surface area contributed by atoms with Gasteiger partial charge in [0.15, 0.2) is 0 Å². The first kappa shape index (κ1) is 10.3. The topological polar surface area (TPSA) is 94.1 Å². The second kappa shape index (κ2) is 3.41. The van der Waals surface area contributed by atoms with E-state index in [1.54, 1.807) is 0 Å². The quantitative estimate of drug-likeness (QED) is 0.708. The van der Waals surface area contributed by atoms with Crippen molar-refractivity contribution in [2.75, 3.05) is 12.8 Å². The molecule has 2 rings (SSSR count). The summed E-state index contributed by atoms with van der Waals surface area (Å²) in [7, 11) is 1.44. The van der Waals surface area contributed by atoms with Gasteiger partial charge in [0.05, 0.1) is 23.6 Å². The predicted molar refractivity (Wildman–Crippen MR) is 57.7 cm³/mol. The summed E-state index contributed by atoms with van der Waals surface area (Å²) in [4.78, 5) is 13.8. The molecule has 5 nitrogen and oxygen atoms in total. The number of nitrogens with two attached hydrogens (primary N) is 2. The Morgan fingerprint density at radius 3 is 2.75 bits per heavy atom. The number of benzene rings is 1. The number of carbonyl (C=O) groups is 1. The lowest BCUT2D eigenvalue weighted by molar-refractivity contribution is 0.100. The van der Waals surface area contributed by atoms with Crippen LogP contribution in [0.3, 0.4) is 0 Å². The zero-order valence-corrected chi connectivity index (χ0v) is 8.50. The molecule has 0 aliphatic carbocycles. The molecule has 0 fully saturated rings. The summed E-state index contributed by atoms with van der Waals surface area (Å²) >= 11 is 0. The summed E-state index contributed by atoms with van der Waals surface area (Å²) in [6, 6.07) is 2.64. The average molecular weight is 223 g/mol. The van der Waals surface area contributed by atoms with Gasteiger partial charge in [0, 0.05) is 0 Å². The molecule has 1 heterocycles. The summed E-state index contributed by atoms with van der Waals surface area (Å²) in [6.07, 6.45) is 0. The number of anilines is 1. The standard InChI is InChI=1S/C10H10FN3O2/c1-16-5-3-2-4(11)6-7(10(13)15)9(12)14-8(5)6/h2-3,14H,12H2,1H3,(H2,13,15). The number of ether oxygens (including phenoxy) is 1. The maximum absolute atomic E-state index is 13.6. The van der Waals surface area contributed by atoms with Gasteiger partial charge in [0.1, 0.15) is 17.4 Å². The predicted octanol–water partition coefficient (Wildman–Crippen LogP) is 0.997. The number of carbonyl (C=O) groups excluding carboxylic acids is 1. The Kier molecular flexibility index (Phi) is 2.19. The Bertz CT molecular complexity index is 577. The maximum atomic E-state index is 13.6. The summed E-state index contributed by atoms with van der Waals surface area (Å²) in [5.74, 6) is -0.921. The van der Waals surface area contributed by atoms with Crippen molar-refractivity contribution in [2.45, 2.75) is 0 Å². The van der Waals surface area contributed by atoms with Crippen LogP contribution in [0.1, 0.15) is 10.4 Å². The van der Waals surface area contributed by atoms with Crippen LogP contribution in [0.15, 0.2) is 12.1 Å². The number of aromatic amines is 1. The molecule has 1 amide bonds. The van der Waals surface area contributed by atoms with Crippen molar-refractivity contribution >= 4 is 22.6 Å². The number of primary amides is 1. The second-order valence-corrected chi connectivity index (χ2v) is 3.28. The van der Waals surface area contributed by atoms with E-state index >= 15 is 0 Å². The highest BCUT2D eigenvalue weighted by Crippen LogP contribution is 2.32. The fourth-order valence-electron chi connectivity index (χ4n) is 1.68. The van der Waals surface area contributed by atoms with E-state index in [1.165, 1.54) is 19.2 Å². The first-order chi connectivity index (χ1) is 7.56. The third-order valence-corrected chi connectivity index (χ3v) is 2.36. The van der Waals surface area contributed by atoms with E-state index in [4.69, 9.17) is 16.2 Å². The maximum Gasteiger partial charge on any atom is 0.253 e. The van der Waals surface area contributed by atoms with Crippen LogP contribution in [0.5, 0.6) is 5.75 Å². The fourth-order valence-corrected chi connectivity index (χ4v) is 1.68. The lowest BCUT2D eigenvalue weighted by atomic mass is 10.1. The Balaban J connectivity index is 2.93. The van der Waals surface area contributed by atoms with Crippen LogP contribution in [0, 0.1) is 5.82 Å². The minimum absolute atomic E-state index is 0.0332. The first-order valence-corrected chi connectivity index (χ1v) is 4.49. The molecule has 84 valence electrons. The van der Waals surface area contributed by atoms with Gasteiger partial charge in [-0.05, 0) is 12.1 Å². The number of nitrogen functional groups attached to an aromatic ring is 1. The van der Waals surface area contributed by atoms with E-state index < -0.39 is 11.7 Å². The third-order valence-electron chi connectivity index (χ3n) is 2.36. The summed E-state index contributed by atoms with van der Waals surface area (Å²) in [5.41, 5.74) is 11.0. The molecule has 0 spiro atoms. The SMILES string of the molecule is COc1ccc(F)c2c(C(N)=O)c(N)[nH]c12. The lowest BCUT2D eigenvalue weighted by Crippen LogP contribution is -2.12. The molecule has 5 N–H and O–H groups in total. The molecule has 0 aliphatic rings. The summed E-state index contributed by atoms with van der Waals surface area (Å²) in [6.45, 7) is 0. The van der Waals surface area contributed by atoms with Crippen LogP contribution in [-0.2, 0) is 0 Å². The van der Waals surface area contributed by atoms with Gasteiger partial charge < -0.3 is 21.2 Å². The summed E-state index contributed by atoms with van der Waals surface area (Å²) < 4.78 is 18.6. The van der Waals surface area contributed by atoms with E-state index in [1.807, 2.05) is 0 Å². The number of H-pyrrole nitrogens is 1. The fraction of sp³-hybridized carbons (Fsp3) is 0.100. The molecule has 1 aromatic carbocycles. The Labute approximate surface area is 90.2 Å². The van der Waals surface area contributed by atoms with Crippen LogP contribution >= 0.6 is 0 Å². The van der Waals surface area contributed by atoms with E-state index in [2.05, 4.69) is 4.98 Å². The Morgan fingerprint density at radius 1 is 1.50 bits per heavy atom. The number of nitrogens with one attached hydrogen (secondary N) is 1. The largest absolute Gasteiger partial charge is 0.495 e. The third kappa shape index (κ3) is 1.27. The van der Waals surface area contributed by atoms with Crippen molar-refractivity contribution < 1.29 is 13.9 Å². The average Bonchev–Trinajstić information content (AvgIpc) is 2.57. The van der Waals surface area contributed by atoms with Crippen molar-refractivity contribution in [3.05, 3.63) is 23.5 Å². The van der Waals surface area contributed by atoms with Crippen molar-refractivity contribution in [2.24, 2.45) is 5.73 Å². The monoisotopic (exact) mass is 223 g/mol. The molecule has 0 radical (unpaired) electrons. The molecule has 0 saturated heterocycles. The van der Waals surface area contributed by atoms with E-state index in [0.717, 1.165) is 0 Å². The zero-order chi connectivity index (χ0) is 11.9. The van der Waals surface area contributed by atoms with Gasteiger partial charge in [0.2, 0.25) is 0 Å². The molecule has 0 atom stereocenters. The van der Waals surface area contributed by atoms with Crippen LogP contribution in [0.25, 0.3) is 10.9 Å². The van der Waals surface area contributed by atoms with Crippen molar-refractivity contribution in [1.29, 1.82) is 0 Å². The minimum atomic E-state index is -0.782. The number of hydrogen-bond acceptors (Lipinski definition) is 3. The zero-order valence-electron chi connectivity index (χ0n) is 8.50. The van der Waals surface area contributed by atoms with Crippen LogP contribution in [-0.4, -0.2) is 18.0 Å². The highest BCUT2D eigenvalue weighted by atomic mass is 19.1. The van der Waals surface area contributed by atoms with Crippen LogP contribution < -0.4 is 16.2 Å². The number of methoxy groups -OCH3 is 1. The van der Waals surface area contributed by atoms with E-state index in [-0.39, 0.29) is 16.8 Å². The van der Waals surface area contributed by atoms with Gasteiger partial charge >= 0.3 is 0 Å². The highest BCUT2D eigenvalue weighted by Gasteiger charge is 2.20. The molecule has 0 bridgehead atoms. The van der Waals surface area contributed by atoms with E-state index in [9.17, 15) is 9.18 Å². The number of fused-ring (bicyclic) bond motifs is 1. The van der Waals surface area contributed by atoms with Gasteiger partial charge in [-0.15, -0.1) is 0 Å². The van der Waals surface area contributed by atoms with Crippen LogP contribution in [0.2, 0.25) is 0 Å². The van der Waals surface area contributed by atoms with Gasteiger partial charge in [-0.2, -0.15) is 0 Å². The van der Waals surface area contributed by atoms with Crippen molar-refractivity contribution in [1.82, 2.24) is 4.98 Å². The second-order valence-electron chi connectivity index (χ2n) is 3.28. The number of rotatable bonds is 2. The lowest BCUT2D eigenvalue weighted by Gasteiger charge is -2.02. The number of halogens is 1. The molecular formula is C10H10FN3O2. The Morgan fingerprint density at radius 2 is 2.19 bits per heavy atom. The molecule has 2 aromatic rings. The molecular weight excluding hydrogens is 213 g/mol. The minimum Gasteiger partial charge on any atom is -0.495 e. The number of aromatic nitrogens is 1. The van der Waals surface area contributed by atoms with Gasteiger partial charge in [-0.1, -0.05) is 0 Å². The molecule has 0 saturated carbocycles. The molecule has 1 aromatic heterocycles. The molecule has 6 heteroatoms. The molecule has 0 unspecified atom stereocenters. The first-order valence-electron chi connectivity index (χ1n) is 4.49. The van der Waals surface area contributed by atoms with Gasteiger partial charge in [-0.25, -0.2) is 4.39 Å². The smallest absolute Gasteiger partial charge is 0.253 e. The number of hydrogen-bond donors (Lipinski definition) is 3. The van der Waals surface area contributed by atoms with Crippen LogP contribution in [0.4, 0.5) is 10.2 Å². The highest BCUT2D eigenvalue weighted by molar-refractivity contribution is 6.11. The molecule has 0 aliphatic heterocycles. The van der Waals surface area contributed by atoms with Crippen molar-refractivity contribution in [3.63, 3.8) is 0 Å².